The molecule has 1 aromatic heterocycles. The molecule has 0 radical (unpaired) electrons. The summed E-state index contributed by atoms with van der Waals surface area (Å²) < 4.78 is 11.6. The number of methoxy groups -OCH3 is 1. The zero-order chi connectivity index (χ0) is 21.1. The number of benzene rings is 2. The second-order valence-electron chi connectivity index (χ2n) is 6.19. The van der Waals surface area contributed by atoms with Crippen molar-refractivity contribution in [2.24, 2.45) is 0 Å². The highest BCUT2D eigenvalue weighted by Crippen LogP contribution is 2.31. The van der Waals surface area contributed by atoms with Crippen molar-refractivity contribution in [3.63, 3.8) is 0 Å². The summed E-state index contributed by atoms with van der Waals surface area (Å²) in [6, 6.07) is 8.65. The van der Waals surface area contributed by atoms with Crippen molar-refractivity contribution >= 4 is 40.3 Å². The molecule has 2 aromatic carbocycles. The summed E-state index contributed by atoms with van der Waals surface area (Å²) in [5, 5.41) is 19.3. The van der Waals surface area contributed by atoms with Gasteiger partial charge in [-0.15, -0.1) is 0 Å². The lowest BCUT2D eigenvalue weighted by atomic mass is 10.0. The minimum atomic E-state index is -1.61. The molecular formula is C20H17Cl2NO6. The first-order valence-corrected chi connectivity index (χ1v) is 9.30. The summed E-state index contributed by atoms with van der Waals surface area (Å²) in [6.07, 6.45) is 0.00558. The molecule has 3 rings (SSSR count). The van der Waals surface area contributed by atoms with Crippen LogP contribution in [0, 0.1) is 0 Å². The number of aliphatic hydroxyl groups is 1. The lowest BCUT2D eigenvalue weighted by molar-refractivity contribution is 0.143. The summed E-state index contributed by atoms with van der Waals surface area (Å²) in [4.78, 5) is 23.8. The molecule has 3 aromatic rings. The Morgan fingerprint density at radius 3 is 2.62 bits per heavy atom. The molecule has 0 bridgehead atoms. The van der Waals surface area contributed by atoms with Gasteiger partial charge in [-0.05, 0) is 35.7 Å². The van der Waals surface area contributed by atoms with E-state index >= 15 is 0 Å². The van der Waals surface area contributed by atoms with Gasteiger partial charge in [-0.1, -0.05) is 35.3 Å². The van der Waals surface area contributed by atoms with E-state index in [4.69, 9.17) is 33.0 Å². The average molecular weight is 438 g/mol. The van der Waals surface area contributed by atoms with Crippen molar-refractivity contribution < 1.29 is 24.5 Å². The Kier molecular flexibility index (Phi) is 6.32. The van der Waals surface area contributed by atoms with Crippen molar-refractivity contribution in [1.29, 1.82) is 0 Å². The van der Waals surface area contributed by atoms with Crippen LogP contribution in [0.1, 0.15) is 11.1 Å². The molecule has 9 heteroatoms. The first-order valence-electron chi connectivity index (χ1n) is 8.54. The van der Waals surface area contributed by atoms with Gasteiger partial charge in [-0.2, -0.15) is 0 Å². The van der Waals surface area contributed by atoms with E-state index in [1.807, 2.05) is 6.07 Å². The number of pyridine rings is 1. The fourth-order valence-corrected chi connectivity index (χ4v) is 3.53. The third kappa shape index (κ3) is 4.32. The Morgan fingerprint density at radius 1 is 1.21 bits per heavy atom. The van der Waals surface area contributed by atoms with E-state index in [9.17, 15) is 14.7 Å². The molecule has 0 amide bonds. The summed E-state index contributed by atoms with van der Waals surface area (Å²) in [5.74, 6) is 0.0292. The average Bonchev–Trinajstić information content (AvgIpc) is 2.68. The van der Waals surface area contributed by atoms with E-state index < -0.39 is 11.6 Å². The number of fused-ring (bicyclic) bond motifs is 1. The van der Waals surface area contributed by atoms with Gasteiger partial charge in [-0.25, -0.2) is 4.79 Å². The van der Waals surface area contributed by atoms with Gasteiger partial charge in [0.25, 0.3) is 0 Å². The number of hydrogen-bond donors (Lipinski definition) is 2. The van der Waals surface area contributed by atoms with Crippen molar-refractivity contribution in [3.05, 3.63) is 67.9 Å². The summed E-state index contributed by atoms with van der Waals surface area (Å²) in [5.41, 5.74) is 1.28. The van der Waals surface area contributed by atoms with Crippen molar-refractivity contribution in [1.82, 2.24) is 4.57 Å². The second kappa shape index (κ2) is 8.73. The summed E-state index contributed by atoms with van der Waals surface area (Å²) in [7, 11) is 1.46. The second-order valence-corrected chi connectivity index (χ2v) is 6.98. The van der Waals surface area contributed by atoms with Crippen molar-refractivity contribution in [2.75, 3.05) is 13.7 Å². The number of halogens is 2. The highest BCUT2D eigenvalue weighted by molar-refractivity contribution is 6.42. The van der Waals surface area contributed by atoms with Crippen LogP contribution >= 0.6 is 23.2 Å². The van der Waals surface area contributed by atoms with E-state index in [0.29, 0.717) is 33.3 Å². The molecular weight excluding hydrogens is 421 g/mol. The molecule has 0 unspecified atom stereocenters. The minimum Gasteiger partial charge on any atom is -0.495 e. The van der Waals surface area contributed by atoms with E-state index in [-0.39, 0.29) is 24.3 Å². The van der Waals surface area contributed by atoms with Gasteiger partial charge in [0.05, 0.1) is 40.9 Å². The minimum absolute atomic E-state index is 0.114. The highest BCUT2D eigenvalue weighted by Gasteiger charge is 2.18. The van der Waals surface area contributed by atoms with Crippen LogP contribution in [0.4, 0.5) is 4.79 Å². The van der Waals surface area contributed by atoms with Crippen LogP contribution in [-0.4, -0.2) is 34.7 Å². The van der Waals surface area contributed by atoms with Gasteiger partial charge in [-0.3, -0.25) is 4.79 Å². The molecule has 0 saturated heterocycles. The van der Waals surface area contributed by atoms with Crippen LogP contribution in [0.3, 0.4) is 0 Å². The summed E-state index contributed by atoms with van der Waals surface area (Å²) in [6.45, 7) is -0.115. The molecule has 2 N–H and O–H groups in total. The van der Waals surface area contributed by atoms with Crippen LogP contribution in [0.25, 0.3) is 10.9 Å². The number of aromatic nitrogens is 1. The standard InChI is InChI=1S/C20H17Cl2NO6/c1-28-15-9-11(7-12-3-2-4-14(21)17(12)22)8-13-18(15)23(5-6-24)10-16(19(13)25)29-20(26)27/h2-4,8-10,24H,5-7H2,1H3,(H,26,27). The van der Waals surface area contributed by atoms with Crippen molar-refractivity contribution in [2.45, 2.75) is 13.0 Å². The Labute approximate surface area is 175 Å². The molecule has 0 atom stereocenters. The summed E-state index contributed by atoms with van der Waals surface area (Å²) >= 11 is 12.4. The normalized spacial score (nSPS) is 10.9. The van der Waals surface area contributed by atoms with Gasteiger partial charge in [0.15, 0.2) is 5.75 Å². The zero-order valence-electron chi connectivity index (χ0n) is 15.3. The lowest BCUT2D eigenvalue weighted by Gasteiger charge is -2.16. The van der Waals surface area contributed by atoms with Crippen LogP contribution < -0.4 is 14.9 Å². The topological polar surface area (TPSA) is 98.0 Å². The van der Waals surface area contributed by atoms with Crippen LogP contribution in [0.2, 0.25) is 10.0 Å². The molecule has 0 aliphatic heterocycles. The monoisotopic (exact) mass is 437 g/mol. The predicted octanol–water partition coefficient (Wildman–Crippen LogP) is 3.96. The van der Waals surface area contributed by atoms with Crippen LogP contribution in [-0.2, 0) is 13.0 Å². The third-order valence-electron chi connectivity index (χ3n) is 4.35. The Bertz CT molecular complexity index is 1140. The van der Waals surface area contributed by atoms with Gasteiger partial charge in [0, 0.05) is 6.54 Å². The van der Waals surface area contributed by atoms with Gasteiger partial charge in [0.2, 0.25) is 5.43 Å². The van der Waals surface area contributed by atoms with E-state index in [1.165, 1.54) is 17.9 Å². The largest absolute Gasteiger partial charge is 0.511 e. The van der Waals surface area contributed by atoms with Crippen LogP contribution in [0.5, 0.6) is 11.5 Å². The fraction of sp³-hybridized carbons (Fsp3) is 0.200. The first-order chi connectivity index (χ1) is 13.8. The van der Waals surface area contributed by atoms with E-state index in [2.05, 4.69) is 4.74 Å². The molecule has 0 spiro atoms. The maximum absolute atomic E-state index is 12.8. The lowest BCUT2D eigenvalue weighted by Crippen LogP contribution is -2.18. The first kappa shape index (κ1) is 21.0. The molecule has 0 fully saturated rings. The van der Waals surface area contributed by atoms with Gasteiger partial charge < -0.3 is 24.3 Å². The Morgan fingerprint density at radius 2 is 1.97 bits per heavy atom. The molecule has 0 saturated carbocycles. The van der Waals surface area contributed by atoms with E-state index in [0.717, 1.165) is 5.56 Å². The molecule has 152 valence electrons. The number of rotatable bonds is 6. The maximum atomic E-state index is 12.8. The number of hydrogen-bond acceptors (Lipinski definition) is 5. The quantitative estimate of drug-likeness (QED) is 0.566. The molecule has 0 aliphatic rings. The van der Waals surface area contributed by atoms with E-state index in [1.54, 1.807) is 24.3 Å². The number of ether oxygens (including phenoxy) is 2. The fourth-order valence-electron chi connectivity index (χ4n) is 3.15. The maximum Gasteiger partial charge on any atom is 0.511 e. The zero-order valence-corrected chi connectivity index (χ0v) is 16.8. The molecule has 0 aliphatic carbocycles. The highest BCUT2D eigenvalue weighted by atomic mass is 35.5. The Hall–Kier alpha value is -2.74. The molecule has 7 nitrogen and oxygen atoms in total. The van der Waals surface area contributed by atoms with Crippen molar-refractivity contribution in [3.8, 4) is 11.5 Å². The number of nitrogens with zero attached hydrogens (tertiary/aromatic N) is 1. The number of aliphatic hydroxyl groups excluding tert-OH is 1. The van der Waals surface area contributed by atoms with Crippen LogP contribution in [0.15, 0.2) is 41.3 Å². The predicted molar refractivity (Wildman–Crippen MR) is 110 cm³/mol. The van der Waals surface area contributed by atoms with Gasteiger partial charge in [0.1, 0.15) is 5.75 Å². The molecule has 1 heterocycles. The molecule has 29 heavy (non-hydrogen) atoms. The Balaban J connectivity index is 2.24. The number of carbonyl (C=O) groups is 1. The third-order valence-corrected chi connectivity index (χ3v) is 5.21. The SMILES string of the molecule is COc1cc(Cc2cccc(Cl)c2Cl)cc2c(=O)c(OC(=O)O)cn(CCO)c12. The number of carboxylic acid groups (broad SMARTS) is 1. The van der Waals surface area contributed by atoms with Gasteiger partial charge >= 0.3 is 6.16 Å². The smallest absolute Gasteiger partial charge is 0.495 e.